The molecule has 0 radical (unpaired) electrons. The van der Waals surface area contributed by atoms with Gasteiger partial charge in [-0.2, -0.15) is 0 Å². The lowest BCUT2D eigenvalue weighted by molar-refractivity contribution is 0.442. The summed E-state index contributed by atoms with van der Waals surface area (Å²) in [6, 6.07) is 0. The van der Waals surface area contributed by atoms with Crippen LogP contribution in [0.15, 0.2) is 12.4 Å². The van der Waals surface area contributed by atoms with E-state index in [0.717, 1.165) is 36.9 Å². The minimum absolute atomic E-state index is 0.656. The third-order valence-electron chi connectivity index (χ3n) is 3.06. The number of hydrogen-bond acceptors (Lipinski definition) is 4. The van der Waals surface area contributed by atoms with E-state index in [0.29, 0.717) is 6.54 Å². The monoisotopic (exact) mass is 220 g/mol. The van der Waals surface area contributed by atoms with Crippen LogP contribution in [-0.4, -0.2) is 29.6 Å². The topological polar surface area (TPSA) is 55.0 Å². The molecule has 0 saturated carbocycles. The van der Waals surface area contributed by atoms with Crippen molar-refractivity contribution in [3.8, 4) is 0 Å². The van der Waals surface area contributed by atoms with Gasteiger partial charge in [0.25, 0.3) is 0 Å². The van der Waals surface area contributed by atoms with Gasteiger partial charge in [0.15, 0.2) is 0 Å². The smallest absolute Gasteiger partial charge is 0.225 e. The molecule has 4 heteroatoms. The summed E-state index contributed by atoms with van der Waals surface area (Å²) < 4.78 is 0. The molecule has 4 nitrogen and oxygen atoms in total. The van der Waals surface area contributed by atoms with Gasteiger partial charge in [-0.15, -0.1) is 0 Å². The number of piperidine rings is 1. The molecule has 2 rings (SSSR count). The van der Waals surface area contributed by atoms with E-state index < -0.39 is 0 Å². The first-order valence-electron chi connectivity index (χ1n) is 6.05. The van der Waals surface area contributed by atoms with Crippen molar-refractivity contribution in [3.05, 3.63) is 18.0 Å². The average molecular weight is 220 g/mol. The van der Waals surface area contributed by atoms with Crippen LogP contribution in [0.4, 0.5) is 5.95 Å². The average Bonchev–Trinajstić information content (AvgIpc) is 2.30. The second kappa shape index (κ2) is 5.25. The van der Waals surface area contributed by atoms with Crippen molar-refractivity contribution in [1.82, 2.24) is 9.97 Å². The Kier molecular flexibility index (Phi) is 3.72. The van der Waals surface area contributed by atoms with Crippen LogP contribution in [0.1, 0.15) is 25.3 Å². The Morgan fingerprint density at radius 1 is 1.44 bits per heavy atom. The number of nitrogens with zero attached hydrogens (tertiary/aromatic N) is 3. The van der Waals surface area contributed by atoms with Gasteiger partial charge in [0.05, 0.1) is 0 Å². The summed E-state index contributed by atoms with van der Waals surface area (Å²) in [4.78, 5) is 11.1. The number of nitrogens with two attached hydrogens (primary N) is 1. The standard InChI is InChI=1S/C12H20N4/c1-10-3-2-6-16(9-10)12-14-7-11(4-5-13)8-15-12/h7-8,10H,2-6,9,13H2,1H3. The maximum Gasteiger partial charge on any atom is 0.225 e. The van der Waals surface area contributed by atoms with E-state index in [2.05, 4.69) is 21.8 Å². The Labute approximate surface area is 96.9 Å². The molecular formula is C12H20N4. The van der Waals surface area contributed by atoms with Gasteiger partial charge in [-0.25, -0.2) is 9.97 Å². The minimum atomic E-state index is 0.656. The van der Waals surface area contributed by atoms with Crippen LogP contribution in [0.3, 0.4) is 0 Å². The molecule has 0 aliphatic carbocycles. The van der Waals surface area contributed by atoms with E-state index in [1.807, 2.05) is 12.4 Å². The van der Waals surface area contributed by atoms with Gasteiger partial charge in [0.1, 0.15) is 0 Å². The summed E-state index contributed by atoms with van der Waals surface area (Å²) in [6.07, 6.45) is 7.22. The van der Waals surface area contributed by atoms with Crippen molar-refractivity contribution >= 4 is 5.95 Å². The summed E-state index contributed by atoms with van der Waals surface area (Å²) in [5, 5.41) is 0. The summed E-state index contributed by atoms with van der Waals surface area (Å²) in [5.74, 6) is 1.62. The van der Waals surface area contributed by atoms with Crippen LogP contribution in [0, 0.1) is 5.92 Å². The third kappa shape index (κ3) is 2.70. The summed E-state index contributed by atoms with van der Waals surface area (Å²) in [5.41, 5.74) is 6.62. The lowest BCUT2D eigenvalue weighted by atomic mass is 10.0. The number of rotatable bonds is 3. The molecule has 2 N–H and O–H groups in total. The zero-order chi connectivity index (χ0) is 11.4. The lowest BCUT2D eigenvalue weighted by Crippen LogP contribution is -2.35. The van der Waals surface area contributed by atoms with E-state index in [9.17, 15) is 0 Å². The molecule has 1 unspecified atom stereocenters. The van der Waals surface area contributed by atoms with Crippen LogP contribution in [0.25, 0.3) is 0 Å². The molecule has 16 heavy (non-hydrogen) atoms. The van der Waals surface area contributed by atoms with Crippen molar-refractivity contribution in [1.29, 1.82) is 0 Å². The molecule has 1 fully saturated rings. The molecule has 1 saturated heterocycles. The molecule has 88 valence electrons. The maximum atomic E-state index is 5.49. The fourth-order valence-electron chi connectivity index (χ4n) is 2.18. The highest BCUT2D eigenvalue weighted by Gasteiger charge is 2.18. The Morgan fingerprint density at radius 3 is 2.81 bits per heavy atom. The van der Waals surface area contributed by atoms with E-state index in [1.165, 1.54) is 12.8 Å². The highest BCUT2D eigenvalue weighted by Crippen LogP contribution is 2.19. The maximum absolute atomic E-state index is 5.49. The largest absolute Gasteiger partial charge is 0.341 e. The van der Waals surface area contributed by atoms with Crippen LogP contribution in [0.5, 0.6) is 0 Å². The SMILES string of the molecule is CC1CCCN(c2ncc(CCN)cn2)C1. The summed E-state index contributed by atoms with van der Waals surface area (Å²) in [6.45, 7) is 5.11. The van der Waals surface area contributed by atoms with E-state index in [4.69, 9.17) is 5.73 Å². The second-order valence-electron chi connectivity index (χ2n) is 4.62. The van der Waals surface area contributed by atoms with Crippen LogP contribution >= 0.6 is 0 Å². The predicted molar refractivity (Wildman–Crippen MR) is 65.4 cm³/mol. The van der Waals surface area contributed by atoms with Gasteiger partial charge in [-0.05, 0) is 37.3 Å². The molecule has 0 amide bonds. The predicted octanol–water partition coefficient (Wildman–Crippen LogP) is 1.21. The fraction of sp³-hybridized carbons (Fsp3) is 0.667. The molecule has 1 atom stereocenters. The quantitative estimate of drug-likeness (QED) is 0.832. The number of anilines is 1. The summed E-state index contributed by atoms with van der Waals surface area (Å²) >= 11 is 0. The van der Waals surface area contributed by atoms with Gasteiger partial charge in [0.2, 0.25) is 5.95 Å². The number of hydrogen-bond donors (Lipinski definition) is 1. The number of aromatic nitrogens is 2. The Hall–Kier alpha value is -1.16. The van der Waals surface area contributed by atoms with Crippen molar-refractivity contribution in [2.75, 3.05) is 24.5 Å². The molecule has 0 bridgehead atoms. The first-order chi connectivity index (χ1) is 7.79. The second-order valence-corrected chi connectivity index (χ2v) is 4.62. The Bertz CT molecular complexity index is 322. The van der Waals surface area contributed by atoms with Gasteiger partial charge in [0, 0.05) is 25.5 Å². The van der Waals surface area contributed by atoms with Crippen LogP contribution in [0.2, 0.25) is 0 Å². The van der Waals surface area contributed by atoms with Gasteiger partial charge in [-0.3, -0.25) is 0 Å². The Morgan fingerprint density at radius 2 is 2.19 bits per heavy atom. The normalized spacial score (nSPS) is 21.1. The van der Waals surface area contributed by atoms with Gasteiger partial charge in [-0.1, -0.05) is 6.92 Å². The van der Waals surface area contributed by atoms with Crippen LogP contribution in [-0.2, 0) is 6.42 Å². The molecule has 2 heterocycles. The first-order valence-corrected chi connectivity index (χ1v) is 6.05. The lowest BCUT2D eigenvalue weighted by Gasteiger charge is -2.30. The molecule has 1 aliphatic rings. The van der Waals surface area contributed by atoms with Crippen molar-refractivity contribution < 1.29 is 0 Å². The highest BCUT2D eigenvalue weighted by molar-refractivity contribution is 5.30. The zero-order valence-corrected chi connectivity index (χ0v) is 9.89. The molecule has 1 aliphatic heterocycles. The fourth-order valence-corrected chi connectivity index (χ4v) is 2.18. The first kappa shape index (κ1) is 11.3. The van der Waals surface area contributed by atoms with E-state index in [1.54, 1.807) is 0 Å². The molecule has 0 spiro atoms. The van der Waals surface area contributed by atoms with Crippen molar-refractivity contribution in [2.24, 2.45) is 11.7 Å². The molecular weight excluding hydrogens is 200 g/mol. The van der Waals surface area contributed by atoms with Crippen molar-refractivity contribution in [3.63, 3.8) is 0 Å². The molecule has 1 aromatic rings. The Balaban J connectivity index is 2.03. The minimum Gasteiger partial charge on any atom is -0.341 e. The van der Waals surface area contributed by atoms with Crippen LogP contribution < -0.4 is 10.6 Å². The highest BCUT2D eigenvalue weighted by atomic mass is 15.2. The zero-order valence-electron chi connectivity index (χ0n) is 9.89. The third-order valence-corrected chi connectivity index (χ3v) is 3.06. The van der Waals surface area contributed by atoms with E-state index in [-0.39, 0.29) is 0 Å². The van der Waals surface area contributed by atoms with Crippen molar-refractivity contribution in [2.45, 2.75) is 26.2 Å². The summed E-state index contributed by atoms with van der Waals surface area (Å²) in [7, 11) is 0. The van der Waals surface area contributed by atoms with E-state index >= 15 is 0 Å². The molecule has 0 aromatic carbocycles. The van der Waals surface area contributed by atoms with Gasteiger partial charge >= 0.3 is 0 Å². The molecule has 1 aromatic heterocycles. The van der Waals surface area contributed by atoms with Gasteiger partial charge < -0.3 is 10.6 Å².